The Morgan fingerprint density at radius 2 is 1.76 bits per heavy atom. The van der Waals surface area contributed by atoms with Crippen molar-refractivity contribution in [1.82, 2.24) is 0 Å². The summed E-state index contributed by atoms with van der Waals surface area (Å²) in [6.07, 6.45) is 0. The number of rotatable bonds is 3. The third kappa shape index (κ3) is 2.63. The van der Waals surface area contributed by atoms with E-state index in [0.717, 1.165) is 5.75 Å². The summed E-state index contributed by atoms with van der Waals surface area (Å²) in [5.41, 5.74) is 6.24. The lowest BCUT2D eigenvalue weighted by Gasteiger charge is -2.10. The first kappa shape index (κ1) is 11.6. The summed E-state index contributed by atoms with van der Waals surface area (Å²) in [7, 11) is 1.60. The molecule has 0 aliphatic rings. The van der Waals surface area contributed by atoms with Gasteiger partial charge in [-0.15, -0.1) is 0 Å². The minimum atomic E-state index is 0.428. The summed E-state index contributed by atoms with van der Waals surface area (Å²) in [6.45, 7) is 0. The van der Waals surface area contributed by atoms with Crippen molar-refractivity contribution in [3.63, 3.8) is 0 Å². The van der Waals surface area contributed by atoms with Crippen LogP contribution in [0.15, 0.2) is 42.5 Å². The van der Waals surface area contributed by atoms with Gasteiger partial charge in [0.1, 0.15) is 11.5 Å². The summed E-state index contributed by atoms with van der Waals surface area (Å²) in [4.78, 5) is 0. The third-order valence-corrected chi connectivity index (χ3v) is 2.61. The maximum atomic E-state index is 5.91. The number of para-hydroxylation sites is 1. The van der Waals surface area contributed by atoms with Crippen molar-refractivity contribution >= 4 is 17.3 Å². The van der Waals surface area contributed by atoms with Gasteiger partial charge in [0, 0.05) is 6.07 Å². The first-order valence-electron chi connectivity index (χ1n) is 5.06. The third-order valence-electron chi connectivity index (χ3n) is 2.28. The Bertz CT molecular complexity index is 529. The molecule has 0 aromatic heterocycles. The molecule has 0 unspecified atom stereocenters. The molecule has 0 saturated carbocycles. The number of hydrogen-bond acceptors (Lipinski definition) is 3. The molecule has 0 atom stereocenters. The van der Waals surface area contributed by atoms with E-state index >= 15 is 0 Å². The Labute approximate surface area is 105 Å². The largest absolute Gasteiger partial charge is 0.497 e. The van der Waals surface area contributed by atoms with Gasteiger partial charge in [-0.1, -0.05) is 23.7 Å². The molecule has 0 aliphatic heterocycles. The normalized spacial score (nSPS) is 10.0. The van der Waals surface area contributed by atoms with Crippen LogP contribution in [0, 0.1) is 0 Å². The highest BCUT2D eigenvalue weighted by Crippen LogP contribution is 2.33. The van der Waals surface area contributed by atoms with Crippen molar-refractivity contribution in [3.8, 4) is 17.2 Å². The zero-order valence-electron chi connectivity index (χ0n) is 9.31. The fourth-order valence-electron chi connectivity index (χ4n) is 1.40. The van der Waals surface area contributed by atoms with Gasteiger partial charge in [-0.05, 0) is 24.3 Å². The summed E-state index contributed by atoms with van der Waals surface area (Å²) in [5.74, 6) is 1.91. The second-order valence-electron chi connectivity index (χ2n) is 3.43. The number of nitrogen functional groups attached to an aromatic ring is 1. The van der Waals surface area contributed by atoms with Crippen LogP contribution in [0.4, 0.5) is 5.69 Å². The number of halogens is 1. The molecule has 88 valence electrons. The zero-order valence-corrected chi connectivity index (χ0v) is 10.1. The highest BCUT2D eigenvalue weighted by atomic mass is 35.5. The predicted molar refractivity (Wildman–Crippen MR) is 68.9 cm³/mol. The highest BCUT2D eigenvalue weighted by molar-refractivity contribution is 6.33. The lowest BCUT2D eigenvalue weighted by atomic mass is 10.3. The second kappa shape index (κ2) is 4.97. The fourth-order valence-corrected chi connectivity index (χ4v) is 1.56. The molecular weight excluding hydrogens is 238 g/mol. The van der Waals surface area contributed by atoms with E-state index in [0.29, 0.717) is 22.2 Å². The standard InChI is InChI=1S/C13H12ClNO2/c1-16-9-4-2-5-10(8-9)17-12-7-3-6-11(14)13(12)15/h2-8H,15H2,1H3. The first-order valence-corrected chi connectivity index (χ1v) is 5.44. The predicted octanol–water partition coefficient (Wildman–Crippen LogP) is 3.72. The van der Waals surface area contributed by atoms with Crippen LogP contribution in [0.3, 0.4) is 0 Å². The number of hydrogen-bond donors (Lipinski definition) is 1. The summed E-state index contributed by atoms with van der Waals surface area (Å²) < 4.78 is 10.8. The average Bonchev–Trinajstić information content (AvgIpc) is 2.35. The van der Waals surface area contributed by atoms with Gasteiger partial charge in [0.05, 0.1) is 17.8 Å². The van der Waals surface area contributed by atoms with E-state index in [1.165, 1.54) is 0 Å². The zero-order chi connectivity index (χ0) is 12.3. The van der Waals surface area contributed by atoms with Crippen LogP contribution in [0.25, 0.3) is 0 Å². The Hall–Kier alpha value is -1.87. The van der Waals surface area contributed by atoms with E-state index in [4.69, 9.17) is 26.8 Å². The van der Waals surface area contributed by atoms with Crippen LogP contribution in [-0.4, -0.2) is 7.11 Å². The summed E-state index contributed by atoms with van der Waals surface area (Å²) in [6, 6.07) is 12.6. The molecule has 2 aromatic carbocycles. The van der Waals surface area contributed by atoms with E-state index in [1.807, 2.05) is 18.2 Å². The maximum Gasteiger partial charge on any atom is 0.151 e. The van der Waals surface area contributed by atoms with E-state index in [9.17, 15) is 0 Å². The topological polar surface area (TPSA) is 44.5 Å². The van der Waals surface area contributed by atoms with Crippen LogP contribution in [0.2, 0.25) is 5.02 Å². The van der Waals surface area contributed by atoms with Gasteiger partial charge in [-0.25, -0.2) is 0 Å². The van der Waals surface area contributed by atoms with Crippen LogP contribution in [0.5, 0.6) is 17.2 Å². The number of benzene rings is 2. The molecule has 2 aromatic rings. The molecule has 17 heavy (non-hydrogen) atoms. The lowest BCUT2D eigenvalue weighted by molar-refractivity contribution is 0.409. The van der Waals surface area contributed by atoms with Gasteiger partial charge in [-0.2, -0.15) is 0 Å². The number of anilines is 1. The number of methoxy groups -OCH3 is 1. The highest BCUT2D eigenvalue weighted by Gasteiger charge is 2.05. The fraction of sp³-hybridized carbons (Fsp3) is 0.0769. The van der Waals surface area contributed by atoms with E-state index in [1.54, 1.807) is 31.4 Å². The van der Waals surface area contributed by atoms with Gasteiger partial charge in [0.2, 0.25) is 0 Å². The van der Waals surface area contributed by atoms with Gasteiger partial charge in [0.25, 0.3) is 0 Å². The molecule has 0 aliphatic carbocycles. The number of ether oxygens (including phenoxy) is 2. The van der Waals surface area contributed by atoms with Crippen LogP contribution >= 0.6 is 11.6 Å². The molecule has 4 heteroatoms. The first-order chi connectivity index (χ1) is 8.20. The van der Waals surface area contributed by atoms with E-state index in [2.05, 4.69) is 0 Å². The van der Waals surface area contributed by atoms with Crippen LogP contribution < -0.4 is 15.2 Å². The van der Waals surface area contributed by atoms with Crippen molar-refractivity contribution in [2.75, 3.05) is 12.8 Å². The van der Waals surface area contributed by atoms with Crippen molar-refractivity contribution in [2.45, 2.75) is 0 Å². The lowest BCUT2D eigenvalue weighted by Crippen LogP contribution is -1.93. The number of nitrogens with two attached hydrogens (primary N) is 1. The summed E-state index contributed by atoms with van der Waals surface area (Å²) in [5, 5.41) is 0.477. The molecule has 0 spiro atoms. The minimum Gasteiger partial charge on any atom is -0.497 e. The molecule has 0 saturated heterocycles. The Kier molecular flexibility index (Phi) is 3.40. The molecule has 0 fully saturated rings. The Balaban J connectivity index is 2.28. The molecular formula is C13H12ClNO2. The van der Waals surface area contributed by atoms with Crippen molar-refractivity contribution in [3.05, 3.63) is 47.5 Å². The molecule has 2 N–H and O–H groups in total. The molecule has 3 nitrogen and oxygen atoms in total. The van der Waals surface area contributed by atoms with Gasteiger partial charge in [-0.3, -0.25) is 0 Å². The Morgan fingerprint density at radius 3 is 2.53 bits per heavy atom. The van der Waals surface area contributed by atoms with Crippen LogP contribution in [-0.2, 0) is 0 Å². The smallest absolute Gasteiger partial charge is 0.151 e. The molecule has 2 rings (SSSR count). The minimum absolute atomic E-state index is 0.428. The molecule has 0 heterocycles. The van der Waals surface area contributed by atoms with E-state index < -0.39 is 0 Å². The molecule has 0 radical (unpaired) electrons. The van der Waals surface area contributed by atoms with Gasteiger partial charge >= 0.3 is 0 Å². The molecule has 0 bridgehead atoms. The van der Waals surface area contributed by atoms with E-state index in [-0.39, 0.29) is 0 Å². The van der Waals surface area contributed by atoms with Gasteiger partial charge in [0.15, 0.2) is 5.75 Å². The SMILES string of the molecule is COc1cccc(Oc2cccc(Cl)c2N)c1. The summed E-state index contributed by atoms with van der Waals surface area (Å²) >= 11 is 5.91. The second-order valence-corrected chi connectivity index (χ2v) is 3.84. The van der Waals surface area contributed by atoms with Crippen LogP contribution in [0.1, 0.15) is 0 Å². The van der Waals surface area contributed by atoms with Crippen molar-refractivity contribution in [2.24, 2.45) is 0 Å². The quantitative estimate of drug-likeness (QED) is 0.843. The Morgan fingerprint density at radius 1 is 1.06 bits per heavy atom. The maximum absolute atomic E-state index is 5.91. The van der Waals surface area contributed by atoms with Gasteiger partial charge < -0.3 is 15.2 Å². The van der Waals surface area contributed by atoms with Crippen molar-refractivity contribution in [1.29, 1.82) is 0 Å². The molecule has 0 amide bonds. The van der Waals surface area contributed by atoms with Crippen molar-refractivity contribution < 1.29 is 9.47 Å². The average molecular weight is 250 g/mol. The monoisotopic (exact) mass is 249 g/mol.